The summed E-state index contributed by atoms with van der Waals surface area (Å²) in [6.07, 6.45) is 1.42. The second kappa shape index (κ2) is 5.56. The highest BCUT2D eigenvalue weighted by Crippen LogP contribution is 2.17. The molecule has 0 saturated carbocycles. The number of methoxy groups -OCH3 is 1. The van der Waals surface area contributed by atoms with Crippen molar-refractivity contribution in [3.8, 4) is 0 Å². The van der Waals surface area contributed by atoms with Gasteiger partial charge >= 0.3 is 5.97 Å². The Kier molecular flexibility index (Phi) is 3.85. The molecule has 0 radical (unpaired) electrons. The summed E-state index contributed by atoms with van der Waals surface area (Å²) in [4.78, 5) is 11.4. The van der Waals surface area contributed by atoms with E-state index < -0.39 is 5.97 Å². The van der Waals surface area contributed by atoms with Crippen molar-refractivity contribution >= 4 is 11.7 Å². The van der Waals surface area contributed by atoms with Gasteiger partial charge in [-0.2, -0.15) is 0 Å². The number of carbonyl (C=O) groups excluding carboxylic acids is 1. The minimum atomic E-state index is -0.531. The number of hydrogen-bond donors (Lipinski definition) is 1. The summed E-state index contributed by atoms with van der Waals surface area (Å²) < 4.78 is 23.0. The number of aryl methyl sites for hydroxylation is 1. The normalized spacial score (nSPS) is 10.3. The van der Waals surface area contributed by atoms with Gasteiger partial charge in [-0.25, -0.2) is 9.18 Å². The summed E-state index contributed by atoms with van der Waals surface area (Å²) in [7, 11) is 1.29. The van der Waals surface area contributed by atoms with Crippen LogP contribution < -0.4 is 5.32 Å². The van der Waals surface area contributed by atoms with Gasteiger partial charge < -0.3 is 14.5 Å². The molecule has 0 bridgehead atoms. The number of benzene rings is 1. The fourth-order valence-corrected chi connectivity index (χ4v) is 1.65. The fourth-order valence-electron chi connectivity index (χ4n) is 1.65. The molecule has 0 aliphatic carbocycles. The zero-order valence-corrected chi connectivity index (χ0v) is 10.7. The molecule has 1 aromatic heterocycles. The first-order valence-corrected chi connectivity index (χ1v) is 5.76. The Morgan fingerprint density at radius 2 is 2.21 bits per heavy atom. The highest BCUT2D eigenvalue weighted by molar-refractivity contribution is 5.87. The van der Waals surface area contributed by atoms with Crippen LogP contribution in [0.25, 0.3) is 0 Å². The van der Waals surface area contributed by atoms with Gasteiger partial charge in [0.25, 0.3) is 0 Å². The molecule has 1 heterocycles. The van der Waals surface area contributed by atoms with Crippen LogP contribution in [0.4, 0.5) is 10.1 Å². The van der Waals surface area contributed by atoms with Crippen LogP contribution in [0.5, 0.6) is 0 Å². The molecule has 0 saturated heterocycles. The first-order valence-electron chi connectivity index (χ1n) is 5.76. The van der Waals surface area contributed by atoms with Crippen LogP contribution >= 0.6 is 0 Å². The second-order valence-electron chi connectivity index (χ2n) is 4.08. The van der Waals surface area contributed by atoms with Gasteiger partial charge in [0.1, 0.15) is 5.82 Å². The minimum Gasteiger partial charge on any atom is -0.463 e. The van der Waals surface area contributed by atoms with Crippen molar-refractivity contribution in [2.45, 2.75) is 13.5 Å². The van der Waals surface area contributed by atoms with E-state index in [1.165, 1.54) is 19.4 Å². The quantitative estimate of drug-likeness (QED) is 0.861. The average Bonchev–Trinajstić information content (AvgIpc) is 2.87. The SMILES string of the molecule is COC(=O)c1occc1CNc1ccc(C)c(F)c1. The molecule has 4 nitrogen and oxygen atoms in total. The Bertz CT molecular complexity index is 592. The van der Waals surface area contributed by atoms with Crippen LogP contribution in [0.2, 0.25) is 0 Å². The van der Waals surface area contributed by atoms with Crippen molar-refractivity contribution in [3.63, 3.8) is 0 Å². The van der Waals surface area contributed by atoms with E-state index in [0.717, 1.165) is 0 Å². The maximum absolute atomic E-state index is 13.4. The molecule has 19 heavy (non-hydrogen) atoms. The molecule has 0 aliphatic heterocycles. The summed E-state index contributed by atoms with van der Waals surface area (Å²) in [6.45, 7) is 2.05. The van der Waals surface area contributed by atoms with Gasteiger partial charge in [0.05, 0.1) is 13.4 Å². The number of hydrogen-bond acceptors (Lipinski definition) is 4. The maximum atomic E-state index is 13.4. The van der Waals surface area contributed by atoms with Gasteiger partial charge in [0, 0.05) is 17.8 Å². The van der Waals surface area contributed by atoms with Crippen LogP contribution in [0.1, 0.15) is 21.7 Å². The van der Waals surface area contributed by atoms with E-state index in [1.54, 1.807) is 25.1 Å². The molecule has 1 aromatic carbocycles. The summed E-state index contributed by atoms with van der Waals surface area (Å²) in [5.74, 6) is -0.648. The molecule has 0 amide bonds. The minimum absolute atomic E-state index is 0.155. The highest BCUT2D eigenvalue weighted by atomic mass is 19.1. The topological polar surface area (TPSA) is 51.5 Å². The van der Waals surface area contributed by atoms with Gasteiger partial charge in [-0.05, 0) is 30.7 Å². The number of nitrogens with one attached hydrogen (secondary N) is 1. The van der Waals surface area contributed by atoms with Crippen LogP contribution in [0.15, 0.2) is 34.9 Å². The van der Waals surface area contributed by atoms with Crippen molar-refractivity contribution in [2.75, 3.05) is 12.4 Å². The number of anilines is 1. The number of halogens is 1. The molecule has 0 unspecified atom stereocenters. The second-order valence-corrected chi connectivity index (χ2v) is 4.08. The lowest BCUT2D eigenvalue weighted by Gasteiger charge is -2.07. The largest absolute Gasteiger partial charge is 0.463 e. The Morgan fingerprint density at radius 1 is 1.42 bits per heavy atom. The predicted octanol–water partition coefficient (Wildman–Crippen LogP) is 3.13. The van der Waals surface area contributed by atoms with E-state index in [0.29, 0.717) is 23.4 Å². The van der Waals surface area contributed by atoms with E-state index in [1.807, 2.05) is 0 Å². The predicted molar refractivity (Wildman–Crippen MR) is 68.5 cm³/mol. The molecule has 1 N–H and O–H groups in total. The Labute approximate surface area is 110 Å². The van der Waals surface area contributed by atoms with Crippen molar-refractivity contribution < 1.29 is 18.3 Å². The number of furan rings is 1. The number of esters is 1. The van der Waals surface area contributed by atoms with E-state index in [9.17, 15) is 9.18 Å². The van der Waals surface area contributed by atoms with Gasteiger partial charge in [-0.3, -0.25) is 0 Å². The first-order chi connectivity index (χ1) is 9.11. The number of carbonyl (C=O) groups is 1. The third kappa shape index (κ3) is 2.93. The van der Waals surface area contributed by atoms with Crippen molar-refractivity contribution in [3.05, 3.63) is 53.2 Å². The Morgan fingerprint density at radius 3 is 2.89 bits per heavy atom. The van der Waals surface area contributed by atoms with Gasteiger partial charge in [0.2, 0.25) is 5.76 Å². The van der Waals surface area contributed by atoms with Crippen LogP contribution in [0, 0.1) is 12.7 Å². The molecular weight excluding hydrogens is 249 g/mol. The lowest BCUT2D eigenvalue weighted by Crippen LogP contribution is -2.07. The van der Waals surface area contributed by atoms with Gasteiger partial charge in [-0.1, -0.05) is 6.07 Å². The standard InChI is InChI=1S/C14H14FNO3/c1-9-3-4-11(7-12(9)15)16-8-10-5-6-19-13(10)14(17)18-2/h3-7,16H,8H2,1-2H3. The third-order valence-electron chi connectivity index (χ3n) is 2.77. The molecule has 100 valence electrons. The molecule has 2 aromatic rings. The Balaban J connectivity index is 2.08. The average molecular weight is 263 g/mol. The zero-order valence-electron chi connectivity index (χ0n) is 10.7. The van der Waals surface area contributed by atoms with E-state index in [2.05, 4.69) is 10.1 Å². The summed E-state index contributed by atoms with van der Waals surface area (Å²) in [6, 6.07) is 6.54. The van der Waals surface area contributed by atoms with Crippen molar-refractivity contribution in [2.24, 2.45) is 0 Å². The van der Waals surface area contributed by atoms with E-state index >= 15 is 0 Å². The zero-order chi connectivity index (χ0) is 13.8. The maximum Gasteiger partial charge on any atom is 0.374 e. The fraction of sp³-hybridized carbons (Fsp3) is 0.214. The van der Waals surface area contributed by atoms with Gasteiger partial charge in [-0.15, -0.1) is 0 Å². The van der Waals surface area contributed by atoms with Crippen molar-refractivity contribution in [1.29, 1.82) is 0 Å². The molecule has 5 heteroatoms. The number of rotatable bonds is 4. The van der Waals surface area contributed by atoms with Crippen LogP contribution in [-0.2, 0) is 11.3 Å². The number of ether oxygens (including phenoxy) is 1. The van der Waals surface area contributed by atoms with Gasteiger partial charge in [0.15, 0.2) is 0 Å². The molecule has 0 fully saturated rings. The molecule has 0 atom stereocenters. The highest BCUT2D eigenvalue weighted by Gasteiger charge is 2.15. The smallest absolute Gasteiger partial charge is 0.374 e. The summed E-state index contributed by atoms with van der Waals surface area (Å²) >= 11 is 0. The Hall–Kier alpha value is -2.30. The van der Waals surface area contributed by atoms with E-state index in [4.69, 9.17) is 4.42 Å². The molecule has 0 aliphatic rings. The lowest BCUT2D eigenvalue weighted by molar-refractivity contribution is 0.0563. The summed E-state index contributed by atoms with van der Waals surface area (Å²) in [5, 5.41) is 3.03. The first kappa shape index (κ1) is 13.1. The van der Waals surface area contributed by atoms with Crippen LogP contribution in [-0.4, -0.2) is 13.1 Å². The van der Waals surface area contributed by atoms with Crippen LogP contribution in [0.3, 0.4) is 0 Å². The molecule has 2 rings (SSSR count). The molecular formula is C14H14FNO3. The monoisotopic (exact) mass is 263 g/mol. The van der Waals surface area contributed by atoms with E-state index in [-0.39, 0.29) is 11.6 Å². The summed E-state index contributed by atoms with van der Waals surface area (Å²) in [5.41, 5.74) is 1.89. The molecule has 0 spiro atoms. The van der Waals surface area contributed by atoms with Crippen molar-refractivity contribution in [1.82, 2.24) is 0 Å². The third-order valence-corrected chi connectivity index (χ3v) is 2.77. The lowest BCUT2D eigenvalue weighted by atomic mass is 10.2.